The number of hydrogen-bond donors (Lipinski definition) is 2. The van der Waals surface area contributed by atoms with Crippen molar-refractivity contribution >= 4 is 28.2 Å². The van der Waals surface area contributed by atoms with Gasteiger partial charge in [-0.15, -0.1) is 0 Å². The van der Waals surface area contributed by atoms with Crippen molar-refractivity contribution in [3.63, 3.8) is 0 Å². The number of fused-ring (bicyclic) bond motifs is 1. The molecule has 6 nitrogen and oxygen atoms in total. The fourth-order valence-corrected chi connectivity index (χ4v) is 2.08. The van der Waals surface area contributed by atoms with Crippen LogP contribution in [0.3, 0.4) is 0 Å². The number of aryl methyl sites for hydroxylation is 1. The Morgan fingerprint density at radius 2 is 2.10 bits per heavy atom. The predicted octanol–water partition coefficient (Wildman–Crippen LogP) is 1.80. The zero-order valence-electron chi connectivity index (χ0n) is 10.9. The van der Waals surface area contributed by atoms with Crippen molar-refractivity contribution in [3.05, 3.63) is 48.4 Å². The van der Waals surface area contributed by atoms with Gasteiger partial charge in [0.2, 0.25) is 0 Å². The molecule has 3 rings (SSSR count). The molecular formula is C14H13N5O. The third-order valence-corrected chi connectivity index (χ3v) is 3.07. The number of aromatic nitrogens is 3. The highest BCUT2D eigenvalue weighted by Gasteiger charge is 2.16. The van der Waals surface area contributed by atoms with E-state index in [1.54, 1.807) is 24.0 Å². The van der Waals surface area contributed by atoms with Gasteiger partial charge >= 0.3 is 0 Å². The van der Waals surface area contributed by atoms with Crippen LogP contribution in [-0.2, 0) is 7.05 Å². The minimum Gasteiger partial charge on any atom is -0.396 e. The molecule has 20 heavy (non-hydrogen) atoms. The van der Waals surface area contributed by atoms with Crippen molar-refractivity contribution in [2.24, 2.45) is 7.05 Å². The molecule has 0 fully saturated rings. The smallest absolute Gasteiger partial charge is 0.276 e. The minimum atomic E-state index is -0.292. The summed E-state index contributed by atoms with van der Waals surface area (Å²) in [6.07, 6.45) is 3.06. The molecule has 3 aromatic rings. The van der Waals surface area contributed by atoms with Gasteiger partial charge in [0.15, 0.2) is 5.69 Å². The van der Waals surface area contributed by atoms with Crippen molar-refractivity contribution in [2.45, 2.75) is 0 Å². The molecule has 1 amide bonds. The summed E-state index contributed by atoms with van der Waals surface area (Å²) in [6.45, 7) is 0. The molecule has 2 aromatic heterocycles. The van der Waals surface area contributed by atoms with Crippen molar-refractivity contribution in [1.82, 2.24) is 14.8 Å². The minimum absolute atomic E-state index is 0.292. The van der Waals surface area contributed by atoms with Crippen LogP contribution in [0, 0.1) is 0 Å². The SMILES string of the molecule is Cn1nc(C(=O)Nc2ccncc2N)c2ccccc21. The summed E-state index contributed by atoms with van der Waals surface area (Å²) in [5, 5.41) is 7.82. The van der Waals surface area contributed by atoms with E-state index in [9.17, 15) is 4.79 Å². The van der Waals surface area contributed by atoms with Crippen LogP contribution in [0.15, 0.2) is 42.7 Å². The number of nitrogen functional groups attached to an aromatic ring is 1. The van der Waals surface area contributed by atoms with E-state index in [0.717, 1.165) is 10.9 Å². The highest BCUT2D eigenvalue weighted by molar-refractivity contribution is 6.12. The number of rotatable bonds is 2. The third kappa shape index (κ3) is 1.97. The van der Waals surface area contributed by atoms with E-state index < -0.39 is 0 Å². The maximum Gasteiger partial charge on any atom is 0.276 e. The Morgan fingerprint density at radius 1 is 1.30 bits per heavy atom. The monoisotopic (exact) mass is 267 g/mol. The van der Waals surface area contributed by atoms with Crippen LogP contribution in [0.1, 0.15) is 10.5 Å². The molecule has 0 radical (unpaired) electrons. The Labute approximate surface area is 115 Å². The average Bonchev–Trinajstić information content (AvgIpc) is 2.79. The Morgan fingerprint density at radius 3 is 2.90 bits per heavy atom. The van der Waals surface area contributed by atoms with E-state index in [1.807, 2.05) is 24.3 Å². The van der Waals surface area contributed by atoms with Crippen molar-refractivity contribution in [1.29, 1.82) is 0 Å². The van der Waals surface area contributed by atoms with Gasteiger partial charge in [0.05, 0.1) is 23.1 Å². The van der Waals surface area contributed by atoms with E-state index in [4.69, 9.17) is 5.73 Å². The molecular weight excluding hydrogens is 254 g/mol. The molecule has 0 spiro atoms. The normalized spacial score (nSPS) is 10.7. The molecule has 6 heteroatoms. The summed E-state index contributed by atoms with van der Waals surface area (Å²) in [7, 11) is 1.81. The molecule has 0 aliphatic carbocycles. The maximum absolute atomic E-state index is 12.3. The van der Waals surface area contributed by atoms with Crippen LogP contribution in [0.25, 0.3) is 10.9 Å². The van der Waals surface area contributed by atoms with Gasteiger partial charge in [-0.1, -0.05) is 18.2 Å². The predicted molar refractivity (Wildman–Crippen MR) is 77.3 cm³/mol. The fraction of sp³-hybridized carbons (Fsp3) is 0.0714. The third-order valence-electron chi connectivity index (χ3n) is 3.07. The molecule has 2 heterocycles. The number of nitrogens with two attached hydrogens (primary N) is 1. The van der Waals surface area contributed by atoms with Gasteiger partial charge in [-0.05, 0) is 12.1 Å². The summed E-state index contributed by atoms with van der Waals surface area (Å²) in [6, 6.07) is 9.22. The van der Waals surface area contributed by atoms with Crippen LogP contribution < -0.4 is 11.1 Å². The molecule has 0 saturated carbocycles. The molecule has 0 bridgehead atoms. The number of nitrogens with zero attached hydrogens (tertiary/aromatic N) is 3. The summed E-state index contributed by atoms with van der Waals surface area (Å²) < 4.78 is 1.68. The van der Waals surface area contributed by atoms with Gasteiger partial charge in [0.25, 0.3) is 5.91 Å². The fourth-order valence-electron chi connectivity index (χ4n) is 2.08. The Balaban J connectivity index is 2.00. The Hall–Kier alpha value is -2.89. The lowest BCUT2D eigenvalue weighted by Crippen LogP contribution is -2.14. The van der Waals surface area contributed by atoms with Crippen LogP contribution in [-0.4, -0.2) is 20.7 Å². The number of amides is 1. The Kier molecular flexibility index (Phi) is 2.83. The van der Waals surface area contributed by atoms with Gasteiger partial charge in [0.1, 0.15) is 0 Å². The van der Waals surface area contributed by atoms with Crippen LogP contribution >= 0.6 is 0 Å². The molecule has 0 saturated heterocycles. The maximum atomic E-state index is 12.3. The largest absolute Gasteiger partial charge is 0.396 e. The van der Waals surface area contributed by atoms with E-state index in [2.05, 4.69) is 15.4 Å². The van der Waals surface area contributed by atoms with Crippen molar-refractivity contribution in [3.8, 4) is 0 Å². The number of hydrogen-bond acceptors (Lipinski definition) is 4. The van der Waals surface area contributed by atoms with Gasteiger partial charge in [-0.3, -0.25) is 14.5 Å². The molecule has 0 atom stereocenters. The first-order chi connectivity index (χ1) is 9.66. The second-order valence-corrected chi connectivity index (χ2v) is 4.41. The number of para-hydroxylation sites is 1. The Bertz CT molecular complexity index is 793. The first-order valence-corrected chi connectivity index (χ1v) is 6.09. The first kappa shape index (κ1) is 12.2. The zero-order chi connectivity index (χ0) is 14.1. The average molecular weight is 267 g/mol. The molecule has 0 unspecified atom stereocenters. The molecule has 0 aliphatic rings. The quantitative estimate of drug-likeness (QED) is 0.741. The first-order valence-electron chi connectivity index (χ1n) is 6.09. The van der Waals surface area contributed by atoms with Crippen LogP contribution in [0.4, 0.5) is 11.4 Å². The lowest BCUT2D eigenvalue weighted by molar-refractivity contribution is 0.102. The second kappa shape index (κ2) is 4.65. The van der Waals surface area contributed by atoms with Crippen molar-refractivity contribution in [2.75, 3.05) is 11.1 Å². The van der Waals surface area contributed by atoms with Gasteiger partial charge in [-0.2, -0.15) is 5.10 Å². The van der Waals surface area contributed by atoms with E-state index in [-0.39, 0.29) is 5.91 Å². The number of anilines is 2. The number of benzene rings is 1. The summed E-state index contributed by atoms with van der Waals surface area (Å²) in [5.74, 6) is -0.292. The lowest BCUT2D eigenvalue weighted by atomic mass is 10.2. The highest BCUT2D eigenvalue weighted by Crippen LogP contribution is 2.20. The van der Waals surface area contributed by atoms with Gasteiger partial charge < -0.3 is 11.1 Å². The summed E-state index contributed by atoms with van der Waals surface area (Å²) >= 11 is 0. The number of pyridine rings is 1. The standard InChI is InChI=1S/C14H13N5O/c1-19-12-5-3-2-4-9(12)13(18-19)14(20)17-11-6-7-16-8-10(11)15/h2-8H,15H2,1H3,(H,16,17,20). The molecule has 3 N–H and O–H groups in total. The van der Waals surface area contributed by atoms with Crippen LogP contribution in [0.2, 0.25) is 0 Å². The van der Waals surface area contributed by atoms with Crippen LogP contribution in [0.5, 0.6) is 0 Å². The zero-order valence-corrected chi connectivity index (χ0v) is 10.9. The van der Waals surface area contributed by atoms with E-state index in [0.29, 0.717) is 17.1 Å². The number of nitrogens with one attached hydrogen (secondary N) is 1. The summed E-state index contributed by atoms with van der Waals surface area (Å²) in [4.78, 5) is 16.2. The van der Waals surface area contributed by atoms with Gasteiger partial charge in [-0.25, -0.2) is 0 Å². The topological polar surface area (TPSA) is 85.8 Å². The second-order valence-electron chi connectivity index (χ2n) is 4.41. The molecule has 0 aliphatic heterocycles. The van der Waals surface area contributed by atoms with E-state index >= 15 is 0 Å². The van der Waals surface area contributed by atoms with Gasteiger partial charge in [0, 0.05) is 18.6 Å². The molecule has 100 valence electrons. The number of carbonyl (C=O) groups is 1. The summed E-state index contributed by atoms with van der Waals surface area (Å²) in [5.41, 5.74) is 7.98. The molecule has 1 aromatic carbocycles. The van der Waals surface area contributed by atoms with Crippen molar-refractivity contribution < 1.29 is 4.79 Å². The van der Waals surface area contributed by atoms with E-state index in [1.165, 1.54) is 6.20 Å². The number of carbonyl (C=O) groups excluding carboxylic acids is 1. The lowest BCUT2D eigenvalue weighted by Gasteiger charge is -2.05. The highest BCUT2D eigenvalue weighted by atomic mass is 16.2.